The fourth-order valence-electron chi connectivity index (χ4n) is 4.71. The number of halogens is 1. The van der Waals surface area contributed by atoms with Crippen molar-refractivity contribution >= 4 is 23.4 Å². The van der Waals surface area contributed by atoms with Gasteiger partial charge in [-0.15, -0.1) is 0 Å². The average molecular weight is 514 g/mol. The molecule has 1 aromatic heterocycles. The van der Waals surface area contributed by atoms with E-state index in [-0.39, 0.29) is 23.5 Å². The number of aromatic nitrogens is 2. The van der Waals surface area contributed by atoms with Crippen LogP contribution in [0.4, 0.5) is 5.69 Å². The molecule has 0 amide bonds. The third-order valence-corrected chi connectivity index (χ3v) is 6.75. The van der Waals surface area contributed by atoms with Crippen LogP contribution in [0.1, 0.15) is 77.6 Å². The molecule has 2 aromatic rings. The van der Waals surface area contributed by atoms with Crippen molar-refractivity contribution in [2.75, 3.05) is 18.1 Å². The van der Waals surface area contributed by atoms with E-state index < -0.39 is 16.7 Å². The second-order valence-electron chi connectivity index (χ2n) is 10.1. The fourth-order valence-corrected chi connectivity index (χ4v) is 4.87. The summed E-state index contributed by atoms with van der Waals surface area (Å²) in [7, 11) is 0. The molecule has 0 radical (unpaired) electrons. The quantitative estimate of drug-likeness (QED) is 0.262. The highest BCUT2D eigenvalue weighted by Gasteiger charge is 2.40. The first kappa shape index (κ1) is 27.4. The van der Waals surface area contributed by atoms with Gasteiger partial charge >= 0.3 is 5.69 Å². The molecule has 1 N–H and O–H groups in total. The van der Waals surface area contributed by atoms with Crippen molar-refractivity contribution in [2.45, 2.75) is 71.9 Å². The topological polar surface area (TPSA) is 76.7 Å². The normalized spacial score (nSPS) is 14.2. The highest BCUT2D eigenvalue weighted by molar-refractivity contribution is 6.31. The number of nitrogens with zero attached hydrogens (tertiary/aromatic N) is 3. The minimum Gasteiger partial charge on any atom is -0.502 e. The number of rotatable bonds is 9. The Hall–Kier alpha value is -3.15. The minimum atomic E-state index is -0.540. The molecular formula is C28H36ClN3O4. The molecule has 0 saturated carbocycles. The molecule has 0 bridgehead atoms. The molecule has 1 aliphatic heterocycles. The summed E-state index contributed by atoms with van der Waals surface area (Å²) in [4.78, 5) is 28.3. The summed E-state index contributed by atoms with van der Waals surface area (Å²) in [6.45, 7) is 16.2. The number of anilines is 1. The number of unbranched alkanes of at least 4 members (excludes halogenated alkanes) is 1. The zero-order valence-corrected chi connectivity index (χ0v) is 22.7. The van der Waals surface area contributed by atoms with Crippen molar-refractivity contribution < 1.29 is 9.84 Å². The predicted molar refractivity (Wildman–Crippen MR) is 146 cm³/mol. The zero-order chi connectivity index (χ0) is 26.8. The second-order valence-corrected chi connectivity index (χ2v) is 10.5. The van der Waals surface area contributed by atoms with Crippen LogP contribution in [0, 0.1) is 0 Å². The third-order valence-electron chi connectivity index (χ3n) is 6.51. The number of ether oxygens (including phenoxy) is 1. The molecular weight excluding hydrogens is 478 g/mol. The predicted octanol–water partition coefficient (Wildman–Crippen LogP) is 5.76. The van der Waals surface area contributed by atoms with E-state index in [1.54, 1.807) is 27.7 Å². The summed E-state index contributed by atoms with van der Waals surface area (Å²) in [5.74, 6) is -0.352. The van der Waals surface area contributed by atoms with Crippen LogP contribution < -0.4 is 16.1 Å². The molecule has 7 nitrogen and oxygen atoms in total. The van der Waals surface area contributed by atoms with Gasteiger partial charge < -0.3 is 14.7 Å². The lowest BCUT2D eigenvalue weighted by atomic mass is 9.84. The lowest BCUT2D eigenvalue weighted by Crippen LogP contribution is -2.42. The SMILES string of the molecule is C=COCCCCN1C(=C=Cc2c(O)n(C(C)C)c(=O)n(C(C)C)c2=O)C(C)(C)c2ccc(Cl)cc21. The van der Waals surface area contributed by atoms with E-state index in [2.05, 4.69) is 31.1 Å². The lowest BCUT2D eigenvalue weighted by Gasteiger charge is -2.25. The van der Waals surface area contributed by atoms with Crippen LogP contribution in [0.25, 0.3) is 6.08 Å². The van der Waals surface area contributed by atoms with Crippen LogP contribution in [0.3, 0.4) is 0 Å². The van der Waals surface area contributed by atoms with Crippen molar-refractivity contribution in [3.8, 4) is 5.88 Å². The monoisotopic (exact) mass is 513 g/mol. The standard InChI is InChI=1S/C28H36ClN3O4/c1-8-36-16-10-9-15-30-23-17-20(29)11-13-22(23)28(6,7)24(30)14-12-21-25(33)31(18(2)3)27(35)32(19(4)5)26(21)34/h8,11-13,17-19,33H,1,9-10,15-16H2,2-7H3. The molecule has 2 heterocycles. The lowest BCUT2D eigenvalue weighted by molar-refractivity contribution is 0.244. The van der Waals surface area contributed by atoms with Crippen molar-refractivity contribution in [1.29, 1.82) is 0 Å². The zero-order valence-electron chi connectivity index (χ0n) is 22.0. The van der Waals surface area contributed by atoms with E-state index in [1.807, 2.05) is 18.2 Å². The minimum absolute atomic E-state index is 0.0358. The van der Waals surface area contributed by atoms with E-state index in [0.29, 0.717) is 18.2 Å². The second kappa shape index (κ2) is 10.9. The molecule has 0 spiro atoms. The van der Waals surface area contributed by atoms with Crippen LogP contribution in [0.5, 0.6) is 5.88 Å². The van der Waals surface area contributed by atoms with Crippen LogP contribution in [0.15, 0.2) is 52.1 Å². The van der Waals surface area contributed by atoms with E-state index in [0.717, 1.165) is 29.8 Å². The maximum absolute atomic E-state index is 13.3. The molecule has 3 rings (SSSR count). The number of aromatic hydroxyl groups is 1. The van der Waals surface area contributed by atoms with Crippen LogP contribution >= 0.6 is 11.6 Å². The number of allylic oxidation sites excluding steroid dienone is 1. The summed E-state index contributed by atoms with van der Waals surface area (Å²) in [6.07, 6.45) is 4.64. The number of fused-ring (bicyclic) bond motifs is 1. The third kappa shape index (κ3) is 5.04. The first-order chi connectivity index (χ1) is 16.9. The molecule has 0 unspecified atom stereocenters. The Bertz CT molecular complexity index is 1330. The summed E-state index contributed by atoms with van der Waals surface area (Å²) in [5, 5.41) is 11.6. The molecule has 1 aromatic carbocycles. The smallest absolute Gasteiger partial charge is 0.334 e. The summed E-state index contributed by atoms with van der Waals surface area (Å²) in [5.41, 5.74) is 4.81. The molecule has 1 aliphatic rings. The van der Waals surface area contributed by atoms with Gasteiger partial charge in [-0.05, 0) is 72.1 Å². The molecule has 194 valence electrons. The Kier molecular flexibility index (Phi) is 8.27. The van der Waals surface area contributed by atoms with Gasteiger partial charge in [-0.3, -0.25) is 13.9 Å². The van der Waals surface area contributed by atoms with Gasteiger partial charge in [0.1, 0.15) is 5.56 Å². The number of hydrogen-bond donors (Lipinski definition) is 1. The van der Waals surface area contributed by atoms with Crippen LogP contribution in [-0.4, -0.2) is 27.4 Å². The van der Waals surface area contributed by atoms with Gasteiger partial charge in [0.15, 0.2) is 0 Å². The van der Waals surface area contributed by atoms with E-state index in [4.69, 9.17) is 16.3 Å². The van der Waals surface area contributed by atoms with Crippen LogP contribution in [0.2, 0.25) is 5.02 Å². The Morgan fingerprint density at radius 1 is 1.14 bits per heavy atom. The van der Waals surface area contributed by atoms with Crippen molar-refractivity contribution in [2.24, 2.45) is 0 Å². The van der Waals surface area contributed by atoms with E-state index in [9.17, 15) is 14.7 Å². The van der Waals surface area contributed by atoms with Crippen molar-refractivity contribution in [3.63, 3.8) is 0 Å². The van der Waals surface area contributed by atoms with Gasteiger partial charge in [0.25, 0.3) is 5.56 Å². The first-order valence-electron chi connectivity index (χ1n) is 12.3. The van der Waals surface area contributed by atoms with E-state index >= 15 is 0 Å². The Morgan fingerprint density at radius 3 is 2.42 bits per heavy atom. The van der Waals surface area contributed by atoms with Gasteiger partial charge in [-0.25, -0.2) is 4.79 Å². The molecule has 36 heavy (non-hydrogen) atoms. The Labute approximate surface area is 217 Å². The molecule has 8 heteroatoms. The fraction of sp³-hybridized carbons (Fsp3) is 0.464. The maximum Gasteiger partial charge on any atom is 0.334 e. The van der Waals surface area contributed by atoms with Crippen molar-refractivity contribution in [1.82, 2.24) is 9.13 Å². The highest BCUT2D eigenvalue weighted by atomic mass is 35.5. The molecule has 0 fully saturated rings. The Balaban J connectivity index is 2.21. The summed E-state index contributed by atoms with van der Waals surface area (Å²) < 4.78 is 7.67. The van der Waals surface area contributed by atoms with Gasteiger partial charge in [-0.1, -0.05) is 30.0 Å². The number of hydrogen-bond acceptors (Lipinski definition) is 5. The van der Waals surface area contributed by atoms with Crippen molar-refractivity contribution in [3.05, 3.63) is 79.5 Å². The highest BCUT2D eigenvalue weighted by Crippen LogP contribution is 2.48. The van der Waals surface area contributed by atoms with Crippen LogP contribution in [-0.2, 0) is 10.2 Å². The molecule has 0 atom stereocenters. The molecule has 0 saturated heterocycles. The first-order valence-corrected chi connectivity index (χ1v) is 12.7. The summed E-state index contributed by atoms with van der Waals surface area (Å²) in [6, 6.07) is 5.14. The largest absolute Gasteiger partial charge is 0.502 e. The van der Waals surface area contributed by atoms with Gasteiger partial charge in [0.2, 0.25) is 5.88 Å². The number of benzene rings is 1. The summed E-state index contributed by atoms with van der Waals surface area (Å²) >= 11 is 6.35. The maximum atomic E-state index is 13.3. The van der Waals surface area contributed by atoms with Gasteiger partial charge in [-0.2, -0.15) is 0 Å². The molecule has 0 aliphatic carbocycles. The van der Waals surface area contributed by atoms with Gasteiger partial charge in [0.05, 0.1) is 18.6 Å². The Morgan fingerprint density at radius 2 is 1.81 bits per heavy atom. The van der Waals surface area contributed by atoms with Gasteiger partial charge in [0, 0.05) is 40.8 Å². The average Bonchev–Trinajstić information content (AvgIpc) is 2.98. The van der Waals surface area contributed by atoms with E-state index in [1.165, 1.54) is 21.5 Å².